The van der Waals surface area contributed by atoms with Crippen molar-refractivity contribution in [3.8, 4) is 0 Å². The van der Waals surface area contributed by atoms with Gasteiger partial charge in [0.1, 0.15) is 11.6 Å². The zero-order valence-electron chi connectivity index (χ0n) is 9.51. The van der Waals surface area contributed by atoms with E-state index in [0.717, 1.165) is 18.9 Å². The zero-order valence-corrected chi connectivity index (χ0v) is 9.51. The highest BCUT2D eigenvalue weighted by Crippen LogP contribution is 2.29. The SMILES string of the molecule is NC1(C(=O)Cc2cc(F)cc(F)c2)CCCC1. The quantitative estimate of drug-likeness (QED) is 0.879. The summed E-state index contributed by atoms with van der Waals surface area (Å²) in [5.74, 6) is -1.45. The van der Waals surface area contributed by atoms with Crippen LogP contribution in [0.15, 0.2) is 18.2 Å². The zero-order chi connectivity index (χ0) is 12.5. The predicted molar refractivity (Wildman–Crippen MR) is 60.5 cm³/mol. The molecule has 0 radical (unpaired) electrons. The van der Waals surface area contributed by atoms with Gasteiger partial charge in [-0.25, -0.2) is 8.78 Å². The molecule has 0 saturated heterocycles. The molecule has 1 aliphatic carbocycles. The fraction of sp³-hybridized carbons (Fsp3) is 0.462. The highest BCUT2D eigenvalue weighted by atomic mass is 19.1. The van der Waals surface area contributed by atoms with Crippen LogP contribution in [0.5, 0.6) is 0 Å². The Morgan fingerprint density at radius 2 is 1.71 bits per heavy atom. The highest BCUT2D eigenvalue weighted by Gasteiger charge is 2.36. The van der Waals surface area contributed by atoms with Crippen molar-refractivity contribution in [1.29, 1.82) is 0 Å². The van der Waals surface area contributed by atoms with E-state index in [1.165, 1.54) is 12.1 Å². The van der Waals surface area contributed by atoms with Crippen molar-refractivity contribution in [2.45, 2.75) is 37.6 Å². The average molecular weight is 239 g/mol. The maximum atomic E-state index is 13.0. The summed E-state index contributed by atoms with van der Waals surface area (Å²) >= 11 is 0. The van der Waals surface area contributed by atoms with Crippen molar-refractivity contribution in [3.63, 3.8) is 0 Å². The molecule has 2 rings (SSSR count). The van der Waals surface area contributed by atoms with E-state index in [9.17, 15) is 13.6 Å². The molecule has 0 atom stereocenters. The lowest BCUT2D eigenvalue weighted by molar-refractivity contribution is -0.123. The van der Waals surface area contributed by atoms with Gasteiger partial charge in [0.05, 0.1) is 5.54 Å². The lowest BCUT2D eigenvalue weighted by Gasteiger charge is -2.21. The standard InChI is InChI=1S/C13H15F2NO/c14-10-5-9(6-11(15)8-10)7-12(17)13(16)3-1-2-4-13/h5-6,8H,1-4,7,16H2. The van der Waals surface area contributed by atoms with Crippen LogP contribution >= 0.6 is 0 Å². The van der Waals surface area contributed by atoms with Gasteiger partial charge in [-0.05, 0) is 30.5 Å². The minimum absolute atomic E-state index is 0.00514. The number of nitrogens with two attached hydrogens (primary N) is 1. The fourth-order valence-corrected chi connectivity index (χ4v) is 2.36. The van der Waals surface area contributed by atoms with Gasteiger partial charge in [-0.15, -0.1) is 0 Å². The number of rotatable bonds is 3. The number of carbonyl (C=O) groups excluding carboxylic acids is 1. The van der Waals surface area contributed by atoms with E-state index in [4.69, 9.17) is 5.73 Å². The van der Waals surface area contributed by atoms with Crippen LogP contribution in [0.4, 0.5) is 8.78 Å². The molecule has 2 N–H and O–H groups in total. The predicted octanol–water partition coefficient (Wildman–Crippen LogP) is 2.35. The van der Waals surface area contributed by atoms with Crippen LogP contribution in [-0.2, 0) is 11.2 Å². The van der Waals surface area contributed by atoms with Crippen molar-refractivity contribution in [1.82, 2.24) is 0 Å². The van der Waals surface area contributed by atoms with Gasteiger partial charge in [-0.2, -0.15) is 0 Å². The number of ketones is 1. The minimum Gasteiger partial charge on any atom is -0.319 e. The maximum Gasteiger partial charge on any atom is 0.156 e. The second-order valence-corrected chi connectivity index (χ2v) is 4.74. The molecule has 17 heavy (non-hydrogen) atoms. The van der Waals surface area contributed by atoms with Crippen LogP contribution in [0.2, 0.25) is 0 Å². The third-order valence-electron chi connectivity index (χ3n) is 3.34. The van der Waals surface area contributed by atoms with E-state index in [1.54, 1.807) is 0 Å². The van der Waals surface area contributed by atoms with Crippen LogP contribution in [0.25, 0.3) is 0 Å². The Kier molecular flexibility index (Phi) is 3.24. The number of carbonyl (C=O) groups is 1. The average Bonchev–Trinajstić information content (AvgIpc) is 2.64. The van der Waals surface area contributed by atoms with Crippen LogP contribution in [-0.4, -0.2) is 11.3 Å². The molecule has 4 heteroatoms. The Morgan fingerprint density at radius 1 is 1.18 bits per heavy atom. The van der Waals surface area contributed by atoms with E-state index in [-0.39, 0.29) is 12.2 Å². The molecule has 92 valence electrons. The Hall–Kier alpha value is -1.29. The third kappa shape index (κ3) is 2.69. The van der Waals surface area contributed by atoms with Crippen molar-refractivity contribution in [3.05, 3.63) is 35.4 Å². The van der Waals surface area contributed by atoms with Gasteiger partial charge < -0.3 is 5.73 Å². The van der Waals surface area contributed by atoms with Crippen LogP contribution in [0, 0.1) is 11.6 Å². The molecule has 1 aromatic rings. The van der Waals surface area contributed by atoms with Gasteiger partial charge in [0.15, 0.2) is 5.78 Å². The largest absolute Gasteiger partial charge is 0.319 e. The van der Waals surface area contributed by atoms with Crippen LogP contribution < -0.4 is 5.73 Å². The first-order valence-electron chi connectivity index (χ1n) is 5.77. The monoisotopic (exact) mass is 239 g/mol. The smallest absolute Gasteiger partial charge is 0.156 e. The molecule has 0 aliphatic heterocycles. The van der Waals surface area contributed by atoms with E-state index in [1.807, 2.05) is 0 Å². The summed E-state index contributed by atoms with van der Waals surface area (Å²) in [6.45, 7) is 0. The molecule has 1 aromatic carbocycles. The lowest BCUT2D eigenvalue weighted by atomic mass is 9.89. The molecular weight excluding hydrogens is 224 g/mol. The van der Waals surface area contributed by atoms with Crippen LogP contribution in [0.3, 0.4) is 0 Å². The topological polar surface area (TPSA) is 43.1 Å². The van der Waals surface area contributed by atoms with Gasteiger partial charge in [0.25, 0.3) is 0 Å². The van der Waals surface area contributed by atoms with Crippen molar-refractivity contribution in [2.24, 2.45) is 5.73 Å². The van der Waals surface area contributed by atoms with Crippen molar-refractivity contribution in [2.75, 3.05) is 0 Å². The van der Waals surface area contributed by atoms with Gasteiger partial charge in [-0.3, -0.25) is 4.79 Å². The molecule has 0 heterocycles. The molecular formula is C13H15F2NO. The molecule has 0 unspecified atom stereocenters. The highest BCUT2D eigenvalue weighted by molar-refractivity contribution is 5.90. The van der Waals surface area contributed by atoms with Gasteiger partial charge >= 0.3 is 0 Å². The third-order valence-corrected chi connectivity index (χ3v) is 3.34. The second-order valence-electron chi connectivity index (χ2n) is 4.74. The normalized spacial score (nSPS) is 18.3. The summed E-state index contributed by atoms with van der Waals surface area (Å²) in [6, 6.07) is 3.15. The lowest BCUT2D eigenvalue weighted by Crippen LogP contribution is -2.46. The molecule has 1 fully saturated rings. The number of halogens is 2. The van der Waals surface area contributed by atoms with Crippen molar-refractivity contribution >= 4 is 5.78 Å². The van der Waals surface area contributed by atoms with E-state index in [2.05, 4.69) is 0 Å². The summed E-state index contributed by atoms with van der Waals surface area (Å²) in [5, 5.41) is 0. The maximum absolute atomic E-state index is 13.0. The van der Waals surface area contributed by atoms with E-state index < -0.39 is 17.2 Å². The van der Waals surface area contributed by atoms with Gasteiger partial charge in [0.2, 0.25) is 0 Å². The first-order chi connectivity index (χ1) is 7.99. The van der Waals surface area contributed by atoms with Gasteiger partial charge in [0, 0.05) is 12.5 Å². The van der Waals surface area contributed by atoms with Crippen LogP contribution in [0.1, 0.15) is 31.2 Å². The number of hydrogen-bond acceptors (Lipinski definition) is 2. The Bertz CT molecular complexity index is 419. The fourth-order valence-electron chi connectivity index (χ4n) is 2.36. The summed E-state index contributed by atoms with van der Waals surface area (Å²) in [7, 11) is 0. The second kappa shape index (κ2) is 4.53. The first-order valence-corrected chi connectivity index (χ1v) is 5.77. The Morgan fingerprint density at radius 3 is 2.24 bits per heavy atom. The molecule has 0 amide bonds. The summed E-state index contributed by atoms with van der Waals surface area (Å²) in [6.07, 6.45) is 3.23. The summed E-state index contributed by atoms with van der Waals surface area (Å²) < 4.78 is 25.9. The van der Waals surface area contributed by atoms with Gasteiger partial charge in [-0.1, -0.05) is 12.8 Å². The Labute approximate surface area is 98.8 Å². The molecule has 0 aromatic heterocycles. The summed E-state index contributed by atoms with van der Waals surface area (Å²) in [5.41, 5.74) is 5.55. The van der Waals surface area contributed by atoms with E-state index in [0.29, 0.717) is 18.4 Å². The molecule has 1 saturated carbocycles. The van der Waals surface area contributed by atoms with Crippen molar-refractivity contribution < 1.29 is 13.6 Å². The molecule has 0 spiro atoms. The number of benzene rings is 1. The molecule has 1 aliphatic rings. The molecule has 2 nitrogen and oxygen atoms in total. The Balaban J connectivity index is 2.12. The first kappa shape index (κ1) is 12.2. The van der Waals surface area contributed by atoms with E-state index >= 15 is 0 Å². The minimum atomic E-state index is -0.789. The number of hydrogen-bond donors (Lipinski definition) is 1. The molecule has 0 bridgehead atoms. The number of Topliss-reactive ketones (excluding diaryl/α,β-unsaturated/α-hetero) is 1. The summed E-state index contributed by atoms with van der Waals surface area (Å²) in [4.78, 5) is 12.0.